The average Bonchev–Trinajstić information content (AvgIpc) is 2.37. The molecule has 1 aliphatic heterocycles. The van der Waals surface area contributed by atoms with Gasteiger partial charge in [0.25, 0.3) is 0 Å². The molecule has 1 aliphatic rings. The Morgan fingerprint density at radius 2 is 2.22 bits per heavy atom. The van der Waals surface area contributed by atoms with Crippen molar-refractivity contribution in [1.29, 1.82) is 0 Å². The summed E-state index contributed by atoms with van der Waals surface area (Å²) < 4.78 is 0. The number of nitrogens with two attached hydrogens (primary N) is 1. The van der Waals surface area contributed by atoms with Gasteiger partial charge in [-0.25, -0.2) is 0 Å². The molecule has 0 fully saturated rings. The molecular weight excluding hydrogens is 240 g/mol. The van der Waals surface area contributed by atoms with E-state index in [9.17, 15) is 0 Å². The molecule has 1 aromatic rings. The molecule has 1 atom stereocenters. The van der Waals surface area contributed by atoms with E-state index < -0.39 is 0 Å². The molecule has 2 N–H and O–H groups in total. The zero-order valence-corrected chi connectivity index (χ0v) is 12.5. The van der Waals surface area contributed by atoms with Gasteiger partial charge in [0.2, 0.25) is 0 Å². The van der Waals surface area contributed by atoms with Crippen LogP contribution in [0.2, 0.25) is 0 Å². The van der Waals surface area contributed by atoms with E-state index in [1.54, 1.807) is 0 Å². The first-order valence-electron chi connectivity index (χ1n) is 6.87. The van der Waals surface area contributed by atoms with E-state index in [1.165, 1.54) is 21.9 Å². The van der Waals surface area contributed by atoms with Crippen molar-refractivity contribution in [3.05, 3.63) is 23.8 Å². The van der Waals surface area contributed by atoms with Crippen LogP contribution < -0.4 is 10.6 Å². The Hall–Kier alpha value is -0.670. The maximum absolute atomic E-state index is 5.64. The molecular formula is C15H24N2S. The van der Waals surface area contributed by atoms with Gasteiger partial charge in [-0.15, -0.1) is 11.8 Å². The number of rotatable bonds is 4. The van der Waals surface area contributed by atoms with E-state index in [1.807, 2.05) is 11.8 Å². The van der Waals surface area contributed by atoms with Crippen molar-refractivity contribution in [2.45, 2.75) is 44.0 Å². The van der Waals surface area contributed by atoms with Crippen LogP contribution in [0.15, 0.2) is 23.1 Å². The van der Waals surface area contributed by atoms with E-state index in [4.69, 9.17) is 5.73 Å². The number of thioether (sulfide) groups is 1. The van der Waals surface area contributed by atoms with E-state index in [2.05, 4.69) is 43.9 Å². The molecule has 18 heavy (non-hydrogen) atoms. The topological polar surface area (TPSA) is 29.3 Å². The van der Waals surface area contributed by atoms with Crippen LogP contribution in [-0.4, -0.2) is 24.9 Å². The van der Waals surface area contributed by atoms with Crippen molar-refractivity contribution >= 4 is 17.4 Å². The lowest BCUT2D eigenvalue weighted by Crippen LogP contribution is -2.39. The Kier molecular flexibility index (Phi) is 4.57. The second-order valence-corrected chi connectivity index (χ2v) is 6.44. The van der Waals surface area contributed by atoms with Gasteiger partial charge in [-0.1, -0.05) is 19.9 Å². The molecule has 0 amide bonds. The summed E-state index contributed by atoms with van der Waals surface area (Å²) in [6, 6.07) is 7.55. The van der Waals surface area contributed by atoms with Gasteiger partial charge in [0.15, 0.2) is 0 Å². The largest absolute Gasteiger partial charge is 0.367 e. The molecule has 0 aliphatic carbocycles. The molecule has 0 saturated heterocycles. The third-order valence-corrected chi connectivity index (χ3v) is 4.86. The number of hydrogen-bond donors (Lipinski definition) is 1. The van der Waals surface area contributed by atoms with E-state index in [0.717, 1.165) is 19.5 Å². The fourth-order valence-electron chi connectivity index (χ4n) is 2.38. The zero-order chi connectivity index (χ0) is 13.1. The Morgan fingerprint density at radius 1 is 1.44 bits per heavy atom. The highest BCUT2D eigenvalue weighted by atomic mass is 32.2. The average molecular weight is 264 g/mol. The van der Waals surface area contributed by atoms with Gasteiger partial charge < -0.3 is 10.6 Å². The van der Waals surface area contributed by atoms with Gasteiger partial charge in [0, 0.05) is 23.2 Å². The van der Waals surface area contributed by atoms with Gasteiger partial charge in [-0.2, -0.15) is 0 Å². The highest BCUT2D eigenvalue weighted by Crippen LogP contribution is 2.39. The quantitative estimate of drug-likeness (QED) is 0.903. The molecule has 1 aromatic carbocycles. The maximum Gasteiger partial charge on any atom is 0.0507 e. The Labute approximate surface area is 115 Å². The van der Waals surface area contributed by atoms with Crippen molar-refractivity contribution < 1.29 is 0 Å². The third kappa shape index (κ3) is 2.83. The van der Waals surface area contributed by atoms with Crippen LogP contribution in [0.4, 0.5) is 5.69 Å². The van der Waals surface area contributed by atoms with Gasteiger partial charge in [-0.3, -0.25) is 0 Å². The van der Waals surface area contributed by atoms with Crippen LogP contribution in [0.1, 0.15) is 38.7 Å². The smallest absolute Gasteiger partial charge is 0.0507 e. The number of benzene rings is 1. The van der Waals surface area contributed by atoms with Gasteiger partial charge in [0.1, 0.15) is 0 Å². The summed E-state index contributed by atoms with van der Waals surface area (Å²) in [6.45, 7) is 8.67. The fraction of sp³-hybridized carbons (Fsp3) is 0.600. The van der Waals surface area contributed by atoms with Gasteiger partial charge in [-0.05, 0) is 43.5 Å². The highest BCUT2D eigenvalue weighted by Gasteiger charge is 2.23. The summed E-state index contributed by atoms with van der Waals surface area (Å²) >= 11 is 1.99. The van der Waals surface area contributed by atoms with Gasteiger partial charge >= 0.3 is 0 Å². The summed E-state index contributed by atoms with van der Waals surface area (Å²) in [4.78, 5) is 3.96. The maximum atomic E-state index is 5.64. The summed E-state index contributed by atoms with van der Waals surface area (Å²) in [7, 11) is 0. The first kappa shape index (κ1) is 13.8. The summed E-state index contributed by atoms with van der Waals surface area (Å²) in [5.41, 5.74) is 8.48. The van der Waals surface area contributed by atoms with E-state index >= 15 is 0 Å². The lowest BCUT2D eigenvalue weighted by molar-refractivity contribution is 0.651. The molecule has 2 rings (SSSR count). The minimum Gasteiger partial charge on any atom is -0.367 e. The zero-order valence-electron chi connectivity index (χ0n) is 11.6. The molecule has 100 valence electrons. The van der Waals surface area contributed by atoms with Crippen LogP contribution in [0, 0.1) is 0 Å². The number of anilines is 1. The standard InChI is InChI=1S/C15H24N2S/c1-11(2)13-5-6-14-15(9-13)18-10-12(3)17(14)8-4-7-16/h5-6,9,11-12H,4,7-8,10,16H2,1-3H3. The summed E-state index contributed by atoms with van der Waals surface area (Å²) in [6.07, 6.45) is 1.07. The van der Waals surface area contributed by atoms with Crippen LogP contribution >= 0.6 is 11.8 Å². The first-order valence-corrected chi connectivity index (χ1v) is 7.85. The summed E-state index contributed by atoms with van der Waals surface area (Å²) in [5.74, 6) is 1.78. The monoisotopic (exact) mass is 264 g/mol. The minimum absolute atomic E-state index is 0.604. The van der Waals surface area contributed by atoms with Crippen LogP contribution in [-0.2, 0) is 0 Å². The molecule has 1 unspecified atom stereocenters. The lowest BCUT2D eigenvalue weighted by atomic mass is 10.0. The molecule has 2 nitrogen and oxygen atoms in total. The highest BCUT2D eigenvalue weighted by molar-refractivity contribution is 7.99. The predicted molar refractivity (Wildman–Crippen MR) is 81.7 cm³/mol. The van der Waals surface area contributed by atoms with Crippen molar-refractivity contribution in [3.8, 4) is 0 Å². The Morgan fingerprint density at radius 3 is 2.89 bits per heavy atom. The molecule has 3 heteroatoms. The Balaban J connectivity index is 2.26. The third-order valence-electron chi connectivity index (χ3n) is 3.58. The van der Waals surface area contributed by atoms with Crippen LogP contribution in [0.5, 0.6) is 0 Å². The fourth-order valence-corrected chi connectivity index (χ4v) is 3.54. The molecule has 0 saturated carbocycles. The second kappa shape index (κ2) is 5.98. The number of fused-ring (bicyclic) bond motifs is 1. The van der Waals surface area contributed by atoms with E-state index in [-0.39, 0.29) is 0 Å². The number of hydrogen-bond acceptors (Lipinski definition) is 3. The molecule has 1 heterocycles. The molecule has 0 aromatic heterocycles. The second-order valence-electron chi connectivity index (χ2n) is 5.38. The molecule has 0 spiro atoms. The number of nitrogens with zero attached hydrogens (tertiary/aromatic N) is 1. The van der Waals surface area contributed by atoms with Crippen molar-refractivity contribution in [2.75, 3.05) is 23.7 Å². The first-order chi connectivity index (χ1) is 8.63. The van der Waals surface area contributed by atoms with Crippen molar-refractivity contribution in [3.63, 3.8) is 0 Å². The minimum atomic E-state index is 0.604. The molecule has 0 radical (unpaired) electrons. The van der Waals surface area contributed by atoms with E-state index in [0.29, 0.717) is 12.0 Å². The predicted octanol–water partition coefficient (Wildman–Crippen LogP) is 3.46. The normalized spacial score (nSPS) is 19.2. The van der Waals surface area contributed by atoms with Crippen LogP contribution in [0.25, 0.3) is 0 Å². The molecule has 0 bridgehead atoms. The van der Waals surface area contributed by atoms with Crippen LogP contribution in [0.3, 0.4) is 0 Å². The SMILES string of the molecule is CC(C)c1ccc2c(c1)SCC(C)N2CCCN. The lowest BCUT2D eigenvalue weighted by Gasteiger charge is -2.37. The van der Waals surface area contributed by atoms with Crippen molar-refractivity contribution in [1.82, 2.24) is 0 Å². The summed E-state index contributed by atoms with van der Waals surface area (Å²) in [5, 5.41) is 0. The Bertz CT molecular complexity index is 403. The van der Waals surface area contributed by atoms with Gasteiger partial charge in [0.05, 0.1) is 5.69 Å². The van der Waals surface area contributed by atoms with Crippen molar-refractivity contribution in [2.24, 2.45) is 5.73 Å².